The minimum Gasteiger partial charge on any atom is -0.469 e. The van der Waals surface area contributed by atoms with Gasteiger partial charge < -0.3 is 25.8 Å². The first-order valence-corrected chi connectivity index (χ1v) is 26.6. The fraction of sp³-hybridized carbons (Fsp3) is 0.226. The van der Waals surface area contributed by atoms with Crippen LogP contribution in [-0.4, -0.2) is 72.1 Å². The SMILES string of the molecule is COC(=O)CCCNC(=O)[C@@H](CSC(c1ccccc1)(c1ccccc1)c1ccccc1)NC(=O)[C@@H](Cc1ccccc1)NC(=O)C[C@H](O)/C=C/CCSC(c1ccccc1)(c1ccccc1)c1ccccc1. The summed E-state index contributed by atoms with van der Waals surface area (Å²) in [5.74, 6) is -1.06. The minimum atomic E-state index is -1.12. The number of methoxy groups -OCH3 is 1. The maximum Gasteiger partial charge on any atom is 0.305 e. The lowest BCUT2D eigenvalue weighted by Crippen LogP contribution is -2.55. The molecule has 0 unspecified atom stereocenters. The van der Waals surface area contributed by atoms with Gasteiger partial charge in [0, 0.05) is 25.1 Å². The second-order valence-electron chi connectivity index (χ2n) is 17.5. The summed E-state index contributed by atoms with van der Waals surface area (Å²) >= 11 is 3.34. The minimum absolute atomic E-state index is 0.115. The molecule has 0 radical (unpaired) electrons. The van der Waals surface area contributed by atoms with Gasteiger partial charge in [-0.15, -0.1) is 23.5 Å². The van der Waals surface area contributed by atoms with Crippen molar-refractivity contribution in [2.24, 2.45) is 0 Å². The van der Waals surface area contributed by atoms with Crippen molar-refractivity contribution in [3.8, 4) is 0 Å². The number of ether oxygens (including phenoxy) is 1. The van der Waals surface area contributed by atoms with E-state index in [0.29, 0.717) is 12.8 Å². The fourth-order valence-corrected chi connectivity index (χ4v) is 12.0. The number of nitrogens with one attached hydrogen (secondary N) is 3. The second-order valence-corrected chi connectivity index (χ2v) is 20.1. The van der Waals surface area contributed by atoms with E-state index in [1.165, 1.54) is 18.9 Å². The number of thioether (sulfide) groups is 2. The molecular weight excluding hydrogens is 947 g/mol. The van der Waals surface area contributed by atoms with Gasteiger partial charge in [0.25, 0.3) is 0 Å². The predicted octanol–water partition coefficient (Wildman–Crippen LogP) is 10.4. The molecule has 0 heterocycles. The summed E-state index contributed by atoms with van der Waals surface area (Å²) in [6, 6.07) is 68.8. The molecule has 0 saturated carbocycles. The third-order valence-corrected chi connectivity index (χ3v) is 15.8. The first-order valence-electron chi connectivity index (χ1n) is 24.7. The maximum atomic E-state index is 14.7. The van der Waals surface area contributed by atoms with Gasteiger partial charge in [-0.05, 0) is 57.5 Å². The molecular formula is C62H63N3O6S2. The maximum absolute atomic E-state index is 14.7. The van der Waals surface area contributed by atoms with Crippen LogP contribution in [0.25, 0.3) is 0 Å². The Bertz CT molecular complexity index is 2610. The molecule has 3 atom stereocenters. The van der Waals surface area contributed by atoms with Gasteiger partial charge in [-0.1, -0.05) is 224 Å². The van der Waals surface area contributed by atoms with Crippen LogP contribution in [0.1, 0.15) is 64.6 Å². The van der Waals surface area contributed by atoms with Crippen molar-refractivity contribution < 1.29 is 29.0 Å². The first-order chi connectivity index (χ1) is 35.7. The van der Waals surface area contributed by atoms with Crippen LogP contribution >= 0.6 is 23.5 Å². The third kappa shape index (κ3) is 14.5. The van der Waals surface area contributed by atoms with Gasteiger partial charge in [-0.2, -0.15) is 0 Å². The molecule has 0 spiro atoms. The van der Waals surface area contributed by atoms with Crippen molar-refractivity contribution >= 4 is 47.2 Å². The summed E-state index contributed by atoms with van der Waals surface area (Å²) in [6.45, 7) is 0.175. The molecule has 0 aliphatic rings. The highest BCUT2D eigenvalue weighted by Crippen LogP contribution is 2.50. The van der Waals surface area contributed by atoms with Crippen LogP contribution in [0.15, 0.2) is 224 Å². The van der Waals surface area contributed by atoms with Crippen molar-refractivity contribution in [3.63, 3.8) is 0 Å². The van der Waals surface area contributed by atoms with E-state index in [4.69, 9.17) is 4.74 Å². The van der Waals surface area contributed by atoms with E-state index in [1.54, 1.807) is 6.08 Å². The number of allylic oxidation sites excluding steroid dienone is 1. The van der Waals surface area contributed by atoms with Crippen LogP contribution in [0, 0.1) is 0 Å². The number of amides is 3. The van der Waals surface area contributed by atoms with Crippen LogP contribution in [0.4, 0.5) is 0 Å². The predicted molar refractivity (Wildman–Crippen MR) is 296 cm³/mol. The van der Waals surface area contributed by atoms with Gasteiger partial charge in [0.05, 0.1) is 29.1 Å². The molecule has 7 rings (SSSR count). The number of hydrogen-bond donors (Lipinski definition) is 4. The average Bonchev–Trinajstić information content (AvgIpc) is 3.44. The number of carbonyl (C=O) groups is 4. The molecule has 0 fully saturated rings. The van der Waals surface area contributed by atoms with Crippen LogP contribution in [-0.2, 0) is 39.8 Å². The number of esters is 1. The van der Waals surface area contributed by atoms with Crippen LogP contribution in [0.3, 0.4) is 0 Å². The quantitative estimate of drug-likeness (QED) is 0.0182. The Balaban J connectivity index is 1.08. The molecule has 11 heteroatoms. The van der Waals surface area contributed by atoms with Crippen molar-refractivity contribution in [1.82, 2.24) is 16.0 Å². The Morgan fingerprint density at radius 2 is 0.959 bits per heavy atom. The number of benzene rings is 7. The van der Waals surface area contributed by atoms with Gasteiger partial charge >= 0.3 is 5.97 Å². The third-order valence-electron chi connectivity index (χ3n) is 12.6. The molecule has 73 heavy (non-hydrogen) atoms. The van der Waals surface area contributed by atoms with Crippen molar-refractivity contribution in [1.29, 1.82) is 0 Å². The van der Waals surface area contributed by atoms with E-state index in [1.807, 2.05) is 121 Å². The lowest BCUT2D eigenvalue weighted by Gasteiger charge is -2.36. The van der Waals surface area contributed by atoms with E-state index >= 15 is 0 Å². The zero-order chi connectivity index (χ0) is 51.1. The number of aliphatic hydroxyl groups excluding tert-OH is 1. The van der Waals surface area contributed by atoms with Crippen molar-refractivity contribution in [3.05, 3.63) is 263 Å². The summed E-state index contributed by atoms with van der Waals surface area (Å²) in [4.78, 5) is 54.7. The number of rotatable bonds is 26. The summed E-state index contributed by atoms with van der Waals surface area (Å²) < 4.78 is 3.52. The summed E-state index contributed by atoms with van der Waals surface area (Å²) in [5, 5.41) is 20.1. The Hall–Kier alpha value is -7.18. The second kappa shape index (κ2) is 27.6. The van der Waals surface area contributed by atoms with Gasteiger partial charge in [-0.25, -0.2) is 0 Å². The molecule has 0 aliphatic carbocycles. The topological polar surface area (TPSA) is 134 Å². The first kappa shape index (κ1) is 53.6. The highest BCUT2D eigenvalue weighted by atomic mass is 32.2. The van der Waals surface area contributed by atoms with Gasteiger partial charge in [0.2, 0.25) is 17.7 Å². The number of carbonyl (C=O) groups excluding carboxylic acids is 4. The molecule has 3 amide bonds. The molecule has 0 saturated heterocycles. The number of hydrogen-bond acceptors (Lipinski definition) is 8. The van der Waals surface area contributed by atoms with E-state index in [0.717, 1.165) is 44.7 Å². The Labute approximate surface area is 438 Å². The fourth-order valence-electron chi connectivity index (χ4n) is 8.97. The highest BCUT2D eigenvalue weighted by Gasteiger charge is 2.40. The van der Waals surface area contributed by atoms with E-state index < -0.39 is 45.4 Å². The summed E-state index contributed by atoms with van der Waals surface area (Å²) in [6.07, 6.45) is 3.36. The zero-order valence-corrected chi connectivity index (χ0v) is 42.7. The lowest BCUT2D eigenvalue weighted by atomic mass is 9.84. The Kier molecular flexibility index (Phi) is 20.3. The van der Waals surface area contributed by atoms with Gasteiger partial charge in [0.1, 0.15) is 12.1 Å². The van der Waals surface area contributed by atoms with E-state index in [2.05, 4.69) is 125 Å². The zero-order valence-electron chi connectivity index (χ0n) is 41.1. The molecule has 9 nitrogen and oxygen atoms in total. The summed E-state index contributed by atoms with van der Waals surface area (Å²) in [7, 11) is 1.32. The normalized spacial score (nSPS) is 12.8. The standard InChI is InChI=1S/C62H63N3O6S2/c1-71-58(68)41-25-42-63-59(69)56(46-73-62(51-34-17-6-18-35-51,52-36-19-7-20-37-52)53-38-21-8-22-39-53)65-60(70)55(44-47-26-9-2-10-27-47)64-57(67)45-54(66)40-23-24-43-72-61(48-28-11-3-12-29-48,49-30-13-4-14-31-49)50-32-15-5-16-33-50/h2-23,26-40,54-56,66H,24-25,41-46H2,1H3,(H,63,69)(H,64,67)(H,65,70)/b40-23+/t54-,55-,56-/m1/s1. The molecule has 0 aromatic heterocycles. The van der Waals surface area contributed by atoms with Crippen molar-refractivity contribution in [2.45, 2.75) is 59.8 Å². The molecule has 0 aliphatic heterocycles. The lowest BCUT2D eigenvalue weighted by molar-refractivity contribution is -0.140. The van der Waals surface area contributed by atoms with Crippen LogP contribution in [0.2, 0.25) is 0 Å². The number of aliphatic hydroxyl groups is 1. The van der Waals surface area contributed by atoms with E-state index in [-0.39, 0.29) is 37.5 Å². The highest BCUT2D eigenvalue weighted by molar-refractivity contribution is 8.00. The van der Waals surface area contributed by atoms with Gasteiger partial charge in [0.15, 0.2) is 0 Å². The molecule has 7 aromatic rings. The van der Waals surface area contributed by atoms with Gasteiger partial charge in [-0.3, -0.25) is 19.2 Å². The Morgan fingerprint density at radius 3 is 1.38 bits per heavy atom. The largest absolute Gasteiger partial charge is 0.469 e. The molecule has 7 aromatic carbocycles. The molecule has 4 N–H and O–H groups in total. The Morgan fingerprint density at radius 1 is 0.548 bits per heavy atom. The summed E-state index contributed by atoms with van der Waals surface area (Å²) in [5.41, 5.74) is 7.24. The average molecular weight is 1010 g/mol. The molecule has 374 valence electrons. The van der Waals surface area contributed by atoms with Crippen molar-refractivity contribution in [2.75, 3.05) is 25.2 Å². The molecule has 0 bridgehead atoms. The van der Waals surface area contributed by atoms with Crippen LogP contribution in [0.5, 0.6) is 0 Å². The van der Waals surface area contributed by atoms with Crippen LogP contribution < -0.4 is 16.0 Å². The van der Waals surface area contributed by atoms with E-state index in [9.17, 15) is 24.3 Å². The monoisotopic (exact) mass is 1010 g/mol. The smallest absolute Gasteiger partial charge is 0.305 e.